The minimum absolute atomic E-state index is 0.0231. The number of hydrogen-bond donors (Lipinski definition) is 2. The molecule has 2 aliphatic rings. The molecule has 19 heavy (non-hydrogen) atoms. The molecule has 0 saturated carbocycles. The van der Waals surface area contributed by atoms with Crippen molar-refractivity contribution < 1.29 is 19.4 Å². The normalized spacial score (nSPS) is 29.2. The molecule has 3 unspecified atom stereocenters. The number of nitrogens with one attached hydrogen (secondary N) is 1. The molecule has 2 rings (SSSR count). The zero-order chi connectivity index (χ0) is 13.8. The maximum absolute atomic E-state index is 12.1. The molecule has 0 aromatic rings. The van der Waals surface area contributed by atoms with E-state index < -0.39 is 18.0 Å². The molecule has 0 aliphatic carbocycles. The van der Waals surface area contributed by atoms with Crippen molar-refractivity contribution in [1.82, 2.24) is 10.2 Å². The lowest BCUT2D eigenvalue weighted by molar-refractivity contribution is -0.150. The van der Waals surface area contributed by atoms with Gasteiger partial charge in [0.05, 0.1) is 12.0 Å². The number of piperidine rings is 1. The van der Waals surface area contributed by atoms with Crippen molar-refractivity contribution in [2.45, 2.75) is 38.4 Å². The van der Waals surface area contributed by atoms with Gasteiger partial charge in [0.1, 0.15) is 6.10 Å². The Labute approximate surface area is 113 Å². The summed E-state index contributed by atoms with van der Waals surface area (Å²) in [6, 6.07) is 0. The van der Waals surface area contributed by atoms with Crippen LogP contribution in [0.1, 0.15) is 26.2 Å². The Hall–Kier alpha value is -1.14. The average molecular weight is 270 g/mol. The molecular weight excluding hydrogens is 248 g/mol. The highest BCUT2D eigenvalue weighted by atomic mass is 16.5. The van der Waals surface area contributed by atoms with Gasteiger partial charge < -0.3 is 20.1 Å². The molecule has 0 radical (unpaired) electrons. The number of hydrogen-bond acceptors (Lipinski definition) is 4. The minimum Gasteiger partial charge on any atom is -0.481 e. The molecule has 2 N–H and O–H groups in total. The largest absolute Gasteiger partial charge is 0.481 e. The Morgan fingerprint density at radius 1 is 1.32 bits per heavy atom. The van der Waals surface area contributed by atoms with Crippen molar-refractivity contribution in [3.63, 3.8) is 0 Å². The van der Waals surface area contributed by atoms with Gasteiger partial charge in [0.15, 0.2) is 0 Å². The fourth-order valence-corrected chi connectivity index (χ4v) is 2.74. The van der Waals surface area contributed by atoms with Crippen LogP contribution in [-0.2, 0) is 14.3 Å². The second-order valence-corrected chi connectivity index (χ2v) is 5.36. The SMILES string of the molecule is CC(OC1CNCC(C(=O)O)C1)C(=O)N1CCCC1. The van der Waals surface area contributed by atoms with E-state index in [0.29, 0.717) is 19.5 Å². The van der Waals surface area contributed by atoms with E-state index in [-0.39, 0.29) is 12.0 Å². The first-order valence-electron chi connectivity index (χ1n) is 6.95. The lowest BCUT2D eigenvalue weighted by Crippen LogP contribution is -2.47. The van der Waals surface area contributed by atoms with Crippen molar-refractivity contribution in [3.8, 4) is 0 Å². The number of nitrogens with zero attached hydrogens (tertiary/aromatic N) is 1. The number of ether oxygens (including phenoxy) is 1. The Bertz CT molecular complexity index is 342. The summed E-state index contributed by atoms with van der Waals surface area (Å²) in [6.45, 7) is 4.47. The van der Waals surface area contributed by atoms with Gasteiger partial charge in [0.2, 0.25) is 0 Å². The van der Waals surface area contributed by atoms with E-state index in [4.69, 9.17) is 9.84 Å². The molecule has 2 heterocycles. The molecule has 2 saturated heterocycles. The van der Waals surface area contributed by atoms with Crippen LogP contribution in [0.15, 0.2) is 0 Å². The summed E-state index contributed by atoms with van der Waals surface area (Å²) in [5.41, 5.74) is 0. The monoisotopic (exact) mass is 270 g/mol. The van der Waals surface area contributed by atoms with Crippen molar-refractivity contribution >= 4 is 11.9 Å². The highest BCUT2D eigenvalue weighted by Crippen LogP contribution is 2.17. The van der Waals surface area contributed by atoms with Gasteiger partial charge in [-0.15, -0.1) is 0 Å². The first kappa shape index (κ1) is 14.3. The van der Waals surface area contributed by atoms with E-state index in [2.05, 4.69) is 5.32 Å². The number of carboxylic acids is 1. The average Bonchev–Trinajstić information content (AvgIpc) is 2.92. The fourth-order valence-electron chi connectivity index (χ4n) is 2.74. The van der Waals surface area contributed by atoms with E-state index in [1.807, 2.05) is 4.90 Å². The standard InChI is InChI=1S/C13H22N2O4/c1-9(12(16)15-4-2-3-5-15)19-11-6-10(13(17)18)7-14-8-11/h9-11,14H,2-8H2,1H3,(H,17,18). The number of carbonyl (C=O) groups excluding carboxylic acids is 1. The minimum atomic E-state index is -0.806. The van der Waals surface area contributed by atoms with Gasteiger partial charge in [-0.05, 0) is 26.2 Å². The molecular formula is C13H22N2O4. The van der Waals surface area contributed by atoms with E-state index in [1.54, 1.807) is 6.92 Å². The number of rotatable bonds is 4. The number of likely N-dealkylation sites (tertiary alicyclic amines) is 1. The third kappa shape index (κ3) is 3.67. The van der Waals surface area contributed by atoms with Gasteiger partial charge >= 0.3 is 5.97 Å². The predicted molar refractivity (Wildman–Crippen MR) is 68.8 cm³/mol. The zero-order valence-electron chi connectivity index (χ0n) is 11.3. The maximum Gasteiger partial charge on any atom is 0.307 e. The molecule has 0 aromatic carbocycles. The van der Waals surface area contributed by atoms with Crippen LogP contribution in [0.3, 0.4) is 0 Å². The topological polar surface area (TPSA) is 78.9 Å². The molecule has 2 fully saturated rings. The Kier molecular flexibility index (Phi) is 4.76. The van der Waals surface area contributed by atoms with Crippen molar-refractivity contribution in [1.29, 1.82) is 0 Å². The Morgan fingerprint density at radius 3 is 2.63 bits per heavy atom. The summed E-state index contributed by atoms with van der Waals surface area (Å²) >= 11 is 0. The van der Waals surface area contributed by atoms with Crippen LogP contribution < -0.4 is 5.32 Å². The van der Waals surface area contributed by atoms with Gasteiger partial charge in [-0.25, -0.2) is 0 Å². The van der Waals surface area contributed by atoms with Gasteiger partial charge in [-0.3, -0.25) is 9.59 Å². The summed E-state index contributed by atoms with van der Waals surface area (Å²) in [5, 5.41) is 12.1. The van der Waals surface area contributed by atoms with Gasteiger partial charge in [0.25, 0.3) is 5.91 Å². The van der Waals surface area contributed by atoms with Crippen LogP contribution in [0, 0.1) is 5.92 Å². The lowest BCUT2D eigenvalue weighted by Gasteiger charge is -2.30. The first-order chi connectivity index (χ1) is 9.08. The quantitative estimate of drug-likeness (QED) is 0.756. The fraction of sp³-hybridized carbons (Fsp3) is 0.846. The maximum atomic E-state index is 12.1. The molecule has 6 nitrogen and oxygen atoms in total. The van der Waals surface area contributed by atoms with Gasteiger partial charge in [0, 0.05) is 26.2 Å². The Morgan fingerprint density at radius 2 is 2.00 bits per heavy atom. The number of amides is 1. The molecule has 0 bridgehead atoms. The third-order valence-corrected chi connectivity index (χ3v) is 3.82. The second kappa shape index (κ2) is 6.34. The first-order valence-corrected chi connectivity index (χ1v) is 6.95. The Balaban J connectivity index is 1.82. The number of carboxylic acid groups (broad SMARTS) is 1. The zero-order valence-corrected chi connectivity index (χ0v) is 11.3. The molecule has 0 aromatic heterocycles. The molecule has 2 aliphatic heterocycles. The van der Waals surface area contributed by atoms with Crippen molar-refractivity contribution in [2.75, 3.05) is 26.2 Å². The van der Waals surface area contributed by atoms with E-state index in [0.717, 1.165) is 25.9 Å². The van der Waals surface area contributed by atoms with E-state index in [9.17, 15) is 9.59 Å². The van der Waals surface area contributed by atoms with E-state index >= 15 is 0 Å². The molecule has 3 atom stereocenters. The second-order valence-electron chi connectivity index (χ2n) is 5.36. The highest BCUT2D eigenvalue weighted by Gasteiger charge is 2.31. The number of carbonyl (C=O) groups is 2. The van der Waals surface area contributed by atoms with Crippen LogP contribution in [0.4, 0.5) is 0 Å². The summed E-state index contributed by atoms with van der Waals surface area (Å²) < 4.78 is 5.73. The molecule has 108 valence electrons. The lowest BCUT2D eigenvalue weighted by atomic mass is 9.97. The van der Waals surface area contributed by atoms with Gasteiger partial charge in [-0.2, -0.15) is 0 Å². The van der Waals surface area contributed by atoms with Crippen molar-refractivity contribution in [2.24, 2.45) is 5.92 Å². The third-order valence-electron chi connectivity index (χ3n) is 3.82. The summed E-state index contributed by atoms with van der Waals surface area (Å²) in [5.74, 6) is -1.21. The van der Waals surface area contributed by atoms with Crippen LogP contribution in [-0.4, -0.2) is 60.3 Å². The van der Waals surface area contributed by atoms with Crippen LogP contribution in [0.5, 0.6) is 0 Å². The van der Waals surface area contributed by atoms with Gasteiger partial charge in [-0.1, -0.05) is 0 Å². The van der Waals surface area contributed by atoms with Crippen molar-refractivity contribution in [3.05, 3.63) is 0 Å². The highest BCUT2D eigenvalue weighted by molar-refractivity contribution is 5.80. The van der Waals surface area contributed by atoms with E-state index in [1.165, 1.54) is 0 Å². The summed E-state index contributed by atoms with van der Waals surface area (Å²) in [6.07, 6.45) is 1.91. The predicted octanol–water partition coefficient (Wildman–Crippen LogP) is 0.0766. The smallest absolute Gasteiger partial charge is 0.307 e. The van der Waals surface area contributed by atoms with Crippen LogP contribution >= 0.6 is 0 Å². The van der Waals surface area contributed by atoms with Crippen LogP contribution in [0.2, 0.25) is 0 Å². The molecule has 0 spiro atoms. The summed E-state index contributed by atoms with van der Waals surface area (Å²) in [7, 11) is 0. The van der Waals surface area contributed by atoms with Crippen LogP contribution in [0.25, 0.3) is 0 Å². The molecule has 1 amide bonds. The number of aliphatic carboxylic acids is 1. The molecule has 6 heteroatoms. The summed E-state index contributed by atoms with van der Waals surface area (Å²) in [4.78, 5) is 24.9.